The molecule has 10 heteroatoms. The van der Waals surface area contributed by atoms with E-state index in [1.807, 2.05) is 0 Å². The minimum Gasteiger partial charge on any atom is -0.383 e. The Morgan fingerprint density at radius 2 is 2.26 bits per heavy atom. The Kier molecular flexibility index (Phi) is 8.25. The highest BCUT2D eigenvalue weighted by molar-refractivity contribution is 14.0. The van der Waals surface area contributed by atoms with Crippen molar-refractivity contribution in [3.63, 3.8) is 0 Å². The van der Waals surface area contributed by atoms with E-state index in [1.54, 1.807) is 7.11 Å². The van der Waals surface area contributed by atoms with Crippen LogP contribution in [0.2, 0.25) is 0 Å². The second-order valence-electron chi connectivity index (χ2n) is 3.25. The number of ether oxygens (including phenoxy) is 1. The number of guanidine groups is 1. The maximum absolute atomic E-state index is 12.3. The lowest BCUT2D eigenvalue weighted by molar-refractivity contribution is -0.140. The predicted octanol–water partition coefficient (Wildman–Crippen LogP) is 1.83. The van der Waals surface area contributed by atoms with Crippen LogP contribution in [-0.2, 0) is 17.5 Å². The molecular weight excluding hydrogens is 396 g/mol. The van der Waals surface area contributed by atoms with Gasteiger partial charge in [0.05, 0.1) is 13.2 Å². The number of hydrogen-bond acceptors (Lipinski definition) is 4. The van der Waals surface area contributed by atoms with E-state index in [0.29, 0.717) is 13.2 Å². The number of nitrogens with zero attached hydrogens (tertiary/aromatic N) is 2. The highest BCUT2D eigenvalue weighted by Gasteiger charge is 2.33. The zero-order chi connectivity index (χ0) is 13.6. The first-order chi connectivity index (χ1) is 8.43. The summed E-state index contributed by atoms with van der Waals surface area (Å²) in [5.41, 5.74) is 4.59. The summed E-state index contributed by atoms with van der Waals surface area (Å²) in [6, 6.07) is 0. The molecule has 0 saturated carbocycles. The van der Waals surface area contributed by atoms with E-state index in [0.717, 1.165) is 16.7 Å². The molecule has 1 aromatic rings. The minimum absolute atomic E-state index is 0. The average Bonchev–Trinajstić information content (AvgIpc) is 2.75. The van der Waals surface area contributed by atoms with Crippen molar-refractivity contribution >= 4 is 41.3 Å². The quantitative estimate of drug-likeness (QED) is 0.336. The monoisotopic (exact) mass is 410 g/mol. The lowest BCUT2D eigenvalue weighted by atomic mass is 10.5. The van der Waals surface area contributed by atoms with Crippen molar-refractivity contribution in [1.82, 2.24) is 10.3 Å². The molecule has 0 atom stereocenters. The molecule has 0 amide bonds. The van der Waals surface area contributed by atoms with Gasteiger partial charge >= 0.3 is 6.18 Å². The van der Waals surface area contributed by atoms with Gasteiger partial charge in [0.25, 0.3) is 0 Å². The van der Waals surface area contributed by atoms with Crippen LogP contribution < -0.4 is 11.1 Å². The molecule has 0 spiro atoms. The fourth-order valence-corrected chi connectivity index (χ4v) is 1.73. The van der Waals surface area contributed by atoms with Gasteiger partial charge in [-0.15, -0.1) is 35.3 Å². The number of nitrogens with two attached hydrogens (primary N) is 1. The van der Waals surface area contributed by atoms with Gasteiger partial charge in [0.2, 0.25) is 0 Å². The summed E-state index contributed by atoms with van der Waals surface area (Å²) >= 11 is 0.901. The van der Waals surface area contributed by atoms with Crippen LogP contribution in [-0.4, -0.2) is 31.2 Å². The van der Waals surface area contributed by atoms with Crippen molar-refractivity contribution < 1.29 is 17.9 Å². The Balaban J connectivity index is 0.00000324. The van der Waals surface area contributed by atoms with E-state index in [4.69, 9.17) is 10.5 Å². The topological polar surface area (TPSA) is 72.5 Å². The van der Waals surface area contributed by atoms with Crippen molar-refractivity contribution in [3.05, 3.63) is 16.1 Å². The Labute approximate surface area is 129 Å². The summed E-state index contributed by atoms with van der Waals surface area (Å²) in [4.78, 5) is 7.30. The molecule has 0 unspecified atom stereocenters. The van der Waals surface area contributed by atoms with Gasteiger partial charge in [0, 0.05) is 19.0 Å². The van der Waals surface area contributed by atoms with Crippen molar-refractivity contribution in [2.45, 2.75) is 12.7 Å². The molecule has 0 aliphatic rings. The van der Waals surface area contributed by atoms with Gasteiger partial charge in [-0.2, -0.15) is 13.2 Å². The molecule has 1 heterocycles. The molecule has 1 rings (SSSR count). The third kappa shape index (κ3) is 6.92. The maximum atomic E-state index is 12.3. The molecule has 0 aromatic carbocycles. The molecular formula is C9H14F3IN4OS. The molecule has 0 fully saturated rings. The third-order valence-electron chi connectivity index (χ3n) is 1.84. The lowest BCUT2D eigenvalue weighted by Crippen LogP contribution is -2.34. The molecule has 110 valence electrons. The van der Waals surface area contributed by atoms with Gasteiger partial charge in [-0.1, -0.05) is 0 Å². The molecule has 19 heavy (non-hydrogen) atoms. The Hall–Kier alpha value is -0.620. The summed E-state index contributed by atoms with van der Waals surface area (Å²) in [6.07, 6.45) is -4.42. The number of aliphatic imine (C=N–C) groups is 1. The van der Waals surface area contributed by atoms with Gasteiger partial charge in [-0.3, -0.25) is 0 Å². The summed E-state index contributed by atoms with van der Waals surface area (Å²) in [5.74, 6) is 0.149. The Morgan fingerprint density at radius 1 is 1.58 bits per heavy atom. The molecule has 0 radical (unpaired) electrons. The van der Waals surface area contributed by atoms with Crippen LogP contribution in [0.5, 0.6) is 0 Å². The van der Waals surface area contributed by atoms with Gasteiger partial charge < -0.3 is 15.8 Å². The first-order valence-electron chi connectivity index (χ1n) is 4.98. The Morgan fingerprint density at radius 3 is 2.79 bits per heavy atom. The van der Waals surface area contributed by atoms with E-state index in [-0.39, 0.29) is 41.5 Å². The molecule has 1 aromatic heterocycles. The zero-order valence-electron chi connectivity index (χ0n) is 10.0. The van der Waals surface area contributed by atoms with E-state index in [9.17, 15) is 13.2 Å². The third-order valence-corrected chi connectivity index (χ3v) is 2.67. The molecule has 5 nitrogen and oxygen atoms in total. The second kappa shape index (κ2) is 8.53. The van der Waals surface area contributed by atoms with Crippen LogP contribution in [0.3, 0.4) is 0 Å². The maximum Gasteiger partial charge on any atom is 0.434 e. The number of alkyl halides is 3. The minimum atomic E-state index is -4.42. The standard InChI is InChI=1S/C9H13F3N4OS.HI/c1-17-3-2-14-8(13)15-4-7-16-6(5-18-7)9(10,11)12;/h5H,2-4H2,1H3,(H3,13,14,15);1H. The van der Waals surface area contributed by atoms with Crippen molar-refractivity contribution in [3.8, 4) is 0 Å². The van der Waals surface area contributed by atoms with E-state index in [2.05, 4.69) is 15.3 Å². The predicted molar refractivity (Wildman–Crippen MR) is 77.7 cm³/mol. The van der Waals surface area contributed by atoms with Crippen LogP contribution in [0.1, 0.15) is 10.7 Å². The molecule has 0 bridgehead atoms. The Bertz CT molecular complexity index is 410. The summed E-state index contributed by atoms with van der Waals surface area (Å²) in [6.45, 7) is 0.968. The SMILES string of the molecule is COCCNC(N)=NCc1nc(C(F)(F)F)cs1.I. The fraction of sp³-hybridized carbons (Fsp3) is 0.556. The van der Waals surface area contributed by atoms with Crippen molar-refractivity contribution in [2.75, 3.05) is 20.3 Å². The summed E-state index contributed by atoms with van der Waals surface area (Å²) in [5, 5.41) is 3.97. The number of thiazole rings is 1. The highest BCUT2D eigenvalue weighted by atomic mass is 127. The molecule has 0 saturated heterocycles. The number of hydrogen-bond donors (Lipinski definition) is 2. The highest BCUT2D eigenvalue weighted by Crippen LogP contribution is 2.30. The van der Waals surface area contributed by atoms with Crippen LogP contribution in [0.25, 0.3) is 0 Å². The molecule has 0 aliphatic carbocycles. The van der Waals surface area contributed by atoms with E-state index >= 15 is 0 Å². The van der Waals surface area contributed by atoms with Gasteiger partial charge in [0.1, 0.15) is 5.01 Å². The number of nitrogens with one attached hydrogen (secondary N) is 1. The first-order valence-corrected chi connectivity index (χ1v) is 5.85. The van der Waals surface area contributed by atoms with Crippen molar-refractivity contribution in [2.24, 2.45) is 10.7 Å². The number of aromatic nitrogens is 1. The lowest BCUT2D eigenvalue weighted by Gasteiger charge is -2.03. The van der Waals surface area contributed by atoms with Crippen LogP contribution in [0.15, 0.2) is 10.4 Å². The number of halogens is 4. The normalized spacial score (nSPS) is 12.1. The average molecular weight is 410 g/mol. The van der Waals surface area contributed by atoms with Gasteiger partial charge in [-0.25, -0.2) is 9.98 Å². The molecule has 3 N–H and O–H groups in total. The van der Waals surface area contributed by atoms with E-state index < -0.39 is 11.9 Å². The van der Waals surface area contributed by atoms with Crippen LogP contribution in [0.4, 0.5) is 13.2 Å². The van der Waals surface area contributed by atoms with Crippen molar-refractivity contribution in [1.29, 1.82) is 0 Å². The largest absolute Gasteiger partial charge is 0.434 e. The van der Waals surface area contributed by atoms with Crippen LogP contribution >= 0.6 is 35.3 Å². The number of rotatable bonds is 5. The van der Waals surface area contributed by atoms with Gasteiger partial charge in [-0.05, 0) is 0 Å². The summed E-state index contributed by atoms with van der Waals surface area (Å²) < 4.78 is 41.6. The summed E-state index contributed by atoms with van der Waals surface area (Å²) in [7, 11) is 1.54. The van der Waals surface area contributed by atoms with Crippen LogP contribution in [0, 0.1) is 0 Å². The first kappa shape index (κ1) is 18.4. The van der Waals surface area contributed by atoms with E-state index in [1.165, 1.54) is 0 Å². The van der Waals surface area contributed by atoms with Gasteiger partial charge in [0.15, 0.2) is 11.7 Å². The smallest absolute Gasteiger partial charge is 0.383 e. The second-order valence-corrected chi connectivity index (χ2v) is 4.19. The number of methoxy groups -OCH3 is 1. The zero-order valence-corrected chi connectivity index (χ0v) is 13.2. The molecule has 0 aliphatic heterocycles. The fourth-order valence-electron chi connectivity index (χ4n) is 1.00.